The summed E-state index contributed by atoms with van der Waals surface area (Å²) in [7, 11) is 0. The fourth-order valence-corrected chi connectivity index (χ4v) is 1.53. The highest BCUT2D eigenvalue weighted by molar-refractivity contribution is 5.83. The molecule has 0 aliphatic heterocycles. The van der Waals surface area contributed by atoms with Crippen molar-refractivity contribution in [3.05, 3.63) is 34.4 Å². The molecule has 0 atom stereocenters. The van der Waals surface area contributed by atoms with E-state index in [0.717, 1.165) is 17.5 Å². The number of aryl methyl sites for hydroxylation is 1. The topological polar surface area (TPSA) is 44.1 Å². The predicted molar refractivity (Wildman–Crippen MR) is 64.7 cm³/mol. The van der Waals surface area contributed by atoms with E-state index in [1.54, 1.807) is 6.07 Å². The van der Waals surface area contributed by atoms with E-state index >= 15 is 0 Å². The Morgan fingerprint density at radius 3 is 2.47 bits per heavy atom. The zero-order chi connectivity index (χ0) is 11.4. The van der Waals surface area contributed by atoms with Gasteiger partial charge in [-0.1, -0.05) is 18.6 Å². The largest absolute Gasteiger partial charge is 0.507 e. The Bertz CT molecular complexity index is 401. The van der Waals surface area contributed by atoms with E-state index in [4.69, 9.17) is 5.41 Å². The highest BCUT2D eigenvalue weighted by Gasteiger charge is 2.04. The van der Waals surface area contributed by atoms with E-state index in [-0.39, 0.29) is 5.75 Å². The molecule has 0 fully saturated rings. The van der Waals surface area contributed by atoms with Crippen molar-refractivity contribution >= 4 is 12.3 Å². The number of rotatable bonds is 3. The van der Waals surface area contributed by atoms with Gasteiger partial charge in [-0.25, -0.2) is 0 Å². The van der Waals surface area contributed by atoms with Crippen LogP contribution in [0, 0.1) is 5.41 Å². The number of hydrogen-bond donors (Lipinski definition) is 2. The van der Waals surface area contributed by atoms with Gasteiger partial charge in [0.05, 0.1) is 0 Å². The second-order valence-corrected chi connectivity index (χ2v) is 3.83. The lowest BCUT2D eigenvalue weighted by Crippen LogP contribution is -1.91. The molecular weight excluding hydrogens is 186 g/mol. The van der Waals surface area contributed by atoms with E-state index in [1.807, 2.05) is 19.9 Å². The van der Waals surface area contributed by atoms with Crippen molar-refractivity contribution in [3.63, 3.8) is 0 Å². The minimum absolute atomic E-state index is 0.188. The maximum Gasteiger partial charge on any atom is 0.124 e. The molecule has 0 aliphatic rings. The van der Waals surface area contributed by atoms with Crippen molar-refractivity contribution in [1.82, 2.24) is 0 Å². The SMILES string of the molecule is CCc1cc(O)c(C=N)cc1C=C(C)C. The molecule has 1 aromatic carbocycles. The average molecular weight is 203 g/mol. The third kappa shape index (κ3) is 2.69. The zero-order valence-corrected chi connectivity index (χ0v) is 9.46. The number of nitrogens with one attached hydrogen (secondary N) is 1. The van der Waals surface area contributed by atoms with Crippen LogP contribution in [0.25, 0.3) is 6.08 Å². The molecule has 0 aliphatic carbocycles. The molecule has 0 spiro atoms. The maximum absolute atomic E-state index is 9.61. The van der Waals surface area contributed by atoms with Crippen LogP contribution in [0.15, 0.2) is 17.7 Å². The fourth-order valence-electron chi connectivity index (χ4n) is 1.53. The lowest BCUT2D eigenvalue weighted by Gasteiger charge is -2.07. The molecule has 0 saturated carbocycles. The molecule has 0 radical (unpaired) electrons. The number of phenolic OH excluding ortho intramolecular Hbond substituents is 1. The van der Waals surface area contributed by atoms with Crippen molar-refractivity contribution < 1.29 is 5.11 Å². The Morgan fingerprint density at radius 2 is 2.00 bits per heavy atom. The van der Waals surface area contributed by atoms with E-state index in [9.17, 15) is 5.11 Å². The Balaban J connectivity index is 3.35. The molecule has 1 aromatic rings. The number of hydrogen-bond acceptors (Lipinski definition) is 2. The van der Waals surface area contributed by atoms with Gasteiger partial charge in [-0.3, -0.25) is 0 Å². The summed E-state index contributed by atoms with van der Waals surface area (Å²) in [5, 5.41) is 16.8. The molecular formula is C13H17NO. The minimum atomic E-state index is 0.188. The molecule has 0 unspecified atom stereocenters. The molecule has 80 valence electrons. The number of allylic oxidation sites excluding steroid dienone is 1. The molecule has 0 bridgehead atoms. The molecule has 0 amide bonds. The highest BCUT2D eigenvalue weighted by atomic mass is 16.3. The van der Waals surface area contributed by atoms with Gasteiger partial charge in [0.2, 0.25) is 0 Å². The normalized spacial score (nSPS) is 9.80. The van der Waals surface area contributed by atoms with Crippen molar-refractivity contribution in [1.29, 1.82) is 5.41 Å². The first-order valence-electron chi connectivity index (χ1n) is 5.09. The first-order chi connectivity index (χ1) is 7.08. The van der Waals surface area contributed by atoms with Crippen LogP contribution >= 0.6 is 0 Å². The average Bonchev–Trinajstić information content (AvgIpc) is 2.19. The van der Waals surface area contributed by atoms with E-state index in [2.05, 4.69) is 13.0 Å². The van der Waals surface area contributed by atoms with Crippen molar-refractivity contribution in [2.24, 2.45) is 0 Å². The molecule has 1 rings (SSSR count). The Hall–Kier alpha value is -1.57. The van der Waals surface area contributed by atoms with Crippen LogP contribution in [-0.4, -0.2) is 11.3 Å². The summed E-state index contributed by atoms with van der Waals surface area (Å²) in [6.07, 6.45) is 4.13. The van der Waals surface area contributed by atoms with Crippen LogP contribution in [0.2, 0.25) is 0 Å². The summed E-state index contributed by atoms with van der Waals surface area (Å²) in [6.45, 7) is 6.13. The van der Waals surface area contributed by atoms with Crippen LogP contribution < -0.4 is 0 Å². The maximum atomic E-state index is 9.61. The standard InChI is InChI=1S/C13H17NO/c1-4-10-7-13(15)12(8-14)6-11(10)5-9(2)3/h5-8,14-15H,4H2,1-3H3. The van der Waals surface area contributed by atoms with E-state index in [0.29, 0.717) is 5.56 Å². The summed E-state index contributed by atoms with van der Waals surface area (Å²) in [5.41, 5.74) is 3.99. The summed E-state index contributed by atoms with van der Waals surface area (Å²) < 4.78 is 0. The molecule has 2 heteroatoms. The number of benzene rings is 1. The van der Waals surface area contributed by atoms with Crippen molar-refractivity contribution in [3.8, 4) is 5.75 Å². The monoisotopic (exact) mass is 203 g/mol. The third-order valence-corrected chi connectivity index (χ3v) is 2.27. The van der Waals surface area contributed by atoms with Gasteiger partial charge in [0.25, 0.3) is 0 Å². The first-order valence-corrected chi connectivity index (χ1v) is 5.09. The van der Waals surface area contributed by atoms with E-state index < -0.39 is 0 Å². The molecule has 2 N–H and O–H groups in total. The number of aromatic hydroxyl groups is 1. The van der Waals surface area contributed by atoms with Gasteiger partial charge in [-0.15, -0.1) is 0 Å². The Kier molecular flexibility index (Phi) is 3.67. The zero-order valence-electron chi connectivity index (χ0n) is 9.46. The fraction of sp³-hybridized carbons (Fsp3) is 0.308. The second kappa shape index (κ2) is 4.78. The summed E-state index contributed by atoms with van der Waals surface area (Å²) >= 11 is 0. The Morgan fingerprint density at radius 1 is 1.33 bits per heavy atom. The van der Waals surface area contributed by atoms with Gasteiger partial charge in [-0.2, -0.15) is 0 Å². The third-order valence-electron chi connectivity index (χ3n) is 2.27. The van der Waals surface area contributed by atoms with E-state index in [1.165, 1.54) is 11.8 Å². The van der Waals surface area contributed by atoms with Gasteiger partial charge in [0.15, 0.2) is 0 Å². The van der Waals surface area contributed by atoms with Gasteiger partial charge in [-0.05, 0) is 43.5 Å². The molecule has 0 saturated heterocycles. The van der Waals surface area contributed by atoms with Crippen LogP contribution in [0.1, 0.15) is 37.5 Å². The van der Waals surface area contributed by atoms with Crippen LogP contribution in [0.5, 0.6) is 5.75 Å². The summed E-state index contributed by atoms with van der Waals surface area (Å²) in [6, 6.07) is 3.60. The molecule has 2 nitrogen and oxygen atoms in total. The molecule has 0 aromatic heterocycles. The Labute approximate surface area is 90.8 Å². The lowest BCUT2D eigenvalue weighted by molar-refractivity contribution is 0.473. The first kappa shape index (κ1) is 11.5. The van der Waals surface area contributed by atoms with Gasteiger partial charge in [0, 0.05) is 11.8 Å². The van der Waals surface area contributed by atoms with Crippen LogP contribution in [0.4, 0.5) is 0 Å². The smallest absolute Gasteiger partial charge is 0.124 e. The summed E-state index contributed by atoms with van der Waals surface area (Å²) in [4.78, 5) is 0. The van der Waals surface area contributed by atoms with Gasteiger partial charge >= 0.3 is 0 Å². The molecule has 15 heavy (non-hydrogen) atoms. The van der Waals surface area contributed by atoms with Crippen LogP contribution in [0.3, 0.4) is 0 Å². The second-order valence-electron chi connectivity index (χ2n) is 3.83. The molecule has 0 heterocycles. The quantitative estimate of drug-likeness (QED) is 0.727. The lowest BCUT2D eigenvalue weighted by atomic mass is 9.99. The van der Waals surface area contributed by atoms with Gasteiger partial charge < -0.3 is 10.5 Å². The van der Waals surface area contributed by atoms with Gasteiger partial charge in [0.1, 0.15) is 5.75 Å². The van der Waals surface area contributed by atoms with Crippen molar-refractivity contribution in [2.45, 2.75) is 27.2 Å². The predicted octanol–water partition coefficient (Wildman–Crippen LogP) is 3.38. The minimum Gasteiger partial charge on any atom is -0.507 e. The highest BCUT2D eigenvalue weighted by Crippen LogP contribution is 2.23. The summed E-state index contributed by atoms with van der Waals surface area (Å²) in [5.74, 6) is 0.188. The number of phenols is 1. The van der Waals surface area contributed by atoms with Crippen LogP contribution in [-0.2, 0) is 6.42 Å². The van der Waals surface area contributed by atoms with Crippen molar-refractivity contribution in [2.75, 3.05) is 0 Å².